The van der Waals surface area contributed by atoms with E-state index in [9.17, 15) is 10.1 Å². The number of fused-ring (bicyclic) bond motifs is 1. The lowest BCUT2D eigenvalue weighted by Crippen LogP contribution is -2.40. The van der Waals surface area contributed by atoms with E-state index in [0.717, 1.165) is 59.4 Å². The van der Waals surface area contributed by atoms with E-state index >= 15 is 0 Å². The molecule has 2 heterocycles. The van der Waals surface area contributed by atoms with Crippen LogP contribution in [0, 0.1) is 25.2 Å². The Hall–Kier alpha value is -3.26. The summed E-state index contributed by atoms with van der Waals surface area (Å²) in [5.74, 6) is 0.931. The van der Waals surface area contributed by atoms with Crippen molar-refractivity contribution in [1.29, 1.82) is 5.26 Å². The maximum absolute atomic E-state index is 13.0. The third-order valence-electron chi connectivity index (χ3n) is 5.97. The highest BCUT2D eigenvalue weighted by molar-refractivity contribution is 5.95. The standard InChI is InChI=1S/C25H27N3O2/c1-4-28-22-10-9-17(2)15-20(22)24(21(16-26)25(28)29)27-13-11-19(12-14-27)30-23-8-6-5-7-18(23)3/h5-10,15,19H,4,11-14H2,1-3H3. The van der Waals surface area contributed by atoms with Crippen LogP contribution in [0.25, 0.3) is 10.9 Å². The monoisotopic (exact) mass is 401 g/mol. The first kappa shape index (κ1) is 20.0. The normalized spacial score (nSPS) is 14.7. The van der Waals surface area contributed by atoms with Crippen molar-refractivity contribution in [1.82, 2.24) is 4.57 Å². The van der Waals surface area contributed by atoms with Gasteiger partial charge in [-0.2, -0.15) is 5.26 Å². The number of ether oxygens (including phenoxy) is 1. The van der Waals surface area contributed by atoms with Gasteiger partial charge in [-0.15, -0.1) is 0 Å². The molecule has 2 aromatic carbocycles. The van der Waals surface area contributed by atoms with Gasteiger partial charge >= 0.3 is 0 Å². The molecule has 1 fully saturated rings. The maximum atomic E-state index is 13.0. The SMILES string of the molecule is CCn1c(=O)c(C#N)c(N2CCC(Oc3ccccc3C)CC2)c2cc(C)ccc21. The lowest BCUT2D eigenvalue weighted by atomic mass is 10.0. The molecule has 0 amide bonds. The first-order valence-corrected chi connectivity index (χ1v) is 10.6. The molecular weight excluding hydrogens is 374 g/mol. The number of anilines is 1. The van der Waals surface area contributed by atoms with Gasteiger partial charge < -0.3 is 14.2 Å². The Kier molecular flexibility index (Phi) is 5.50. The summed E-state index contributed by atoms with van der Waals surface area (Å²) >= 11 is 0. The van der Waals surface area contributed by atoms with Gasteiger partial charge in [-0.1, -0.05) is 29.8 Å². The number of piperidine rings is 1. The molecule has 4 rings (SSSR count). The number of hydrogen-bond donors (Lipinski definition) is 0. The van der Waals surface area contributed by atoms with Crippen molar-refractivity contribution < 1.29 is 4.74 Å². The van der Waals surface area contributed by atoms with E-state index < -0.39 is 0 Å². The van der Waals surface area contributed by atoms with Crippen LogP contribution in [-0.4, -0.2) is 23.8 Å². The average Bonchev–Trinajstić information content (AvgIpc) is 2.75. The summed E-state index contributed by atoms with van der Waals surface area (Å²) in [5, 5.41) is 10.8. The van der Waals surface area contributed by atoms with E-state index in [1.807, 2.05) is 44.2 Å². The number of para-hydroxylation sites is 1. The summed E-state index contributed by atoms with van der Waals surface area (Å²) in [5.41, 5.74) is 3.96. The van der Waals surface area contributed by atoms with Crippen LogP contribution in [0.1, 0.15) is 36.5 Å². The summed E-state index contributed by atoms with van der Waals surface area (Å²) in [7, 11) is 0. The number of benzene rings is 2. The molecule has 1 aromatic heterocycles. The molecule has 5 nitrogen and oxygen atoms in total. The molecule has 3 aromatic rings. The van der Waals surface area contributed by atoms with E-state index in [0.29, 0.717) is 6.54 Å². The predicted molar refractivity (Wildman–Crippen MR) is 120 cm³/mol. The largest absolute Gasteiger partial charge is 0.490 e. The second-order valence-electron chi connectivity index (χ2n) is 7.98. The van der Waals surface area contributed by atoms with E-state index in [4.69, 9.17) is 4.74 Å². The Balaban J connectivity index is 1.67. The molecule has 0 spiro atoms. The molecule has 1 saturated heterocycles. The zero-order valence-electron chi connectivity index (χ0n) is 17.8. The number of hydrogen-bond acceptors (Lipinski definition) is 4. The number of aryl methyl sites for hydroxylation is 3. The van der Waals surface area contributed by atoms with Crippen LogP contribution in [0.2, 0.25) is 0 Å². The Morgan fingerprint density at radius 2 is 1.87 bits per heavy atom. The average molecular weight is 402 g/mol. The van der Waals surface area contributed by atoms with Gasteiger partial charge in [-0.05, 0) is 44.5 Å². The Labute approximate surface area is 177 Å². The number of pyridine rings is 1. The van der Waals surface area contributed by atoms with Crippen LogP contribution >= 0.6 is 0 Å². The summed E-state index contributed by atoms with van der Waals surface area (Å²) in [6, 6.07) is 16.4. The fourth-order valence-corrected chi connectivity index (χ4v) is 4.36. The molecule has 0 atom stereocenters. The highest BCUT2D eigenvalue weighted by atomic mass is 16.5. The van der Waals surface area contributed by atoms with Gasteiger partial charge in [-0.25, -0.2) is 0 Å². The van der Waals surface area contributed by atoms with Crippen LogP contribution < -0.4 is 15.2 Å². The van der Waals surface area contributed by atoms with Gasteiger partial charge in [0.25, 0.3) is 5.56 Å². The van der Waals surface area contributed by atoms with Gasteiger partial charge in [0.1, 0.15) is 23.5 Å². The molecule has 0 unspecified atom stereocenters. The predicted octanol–water partition coefficient (Wildman–Crippen LogP) is 4.56. The molecular formula is C25H27N3O2. The number of nitrogens with zero attached hydrogens (tertiary/aromatic N) is 3. The molecule has 0 N–H and O–H groups in total. The Morgan fingerprint density at radius 1 is 1.13 bits per heavy atom. The van der Waals surface area contributed by atoms with Crippen LogP contribution in [0.5, 0.6) is 5.75 Å². The van der Waals surface area contributed by atoms with Crippen LogP contribution in [0.15, 0.2) is 47.3 Å². The first-order chi connectivity index (χ1) is 14.5. The minimum Gasteiger partial charge on any atom is -0.490 e. The topological polar surface area (TPSA) is 58.3 Å². The molecule has 1 aliphatic heterocycles. The number of aromatic nitrogens is 1. The van der Waals surface area contributed by atoms with Crippen molar-refractivity contribution in [2.45, 2.75) is 46.3 Å². The third-order valence-corrected chi connectivity index (χ3v) is 5.97. The second-order valence-corrected chi connectivity index (χ2v) is 7.98. The zero-order valence-corrected chi connectivity index (χ0v) is 17.8. The highest BCUT2D eigenvalue weighted by Crippen LogP contribution is 2.32. The number of rotatable bonds is 4. The Bertz CT molecular complexity index is 1180. The lowest BCUT2D eigenvalue weighted by Gasteiger charge is -2.35. The van der Waals surface area contributed by atoms with E-state index in [2.05, 4.69) is 30.0 Å². The van der Waals surface area contributed by atoms with Crippen LogP contribution in [-0.2, 0) is 6.54 Å². The van der Waals surface area contributed by atoms with Crippen LogP contribution in [0.4, 0.5) is 5.69 Å². The molecule has 30 heavy (non-hydrogen) atoms. The van der Waals surface area contributed by atoms with Gasteiger partial charge in [-0.3, -0.25) is 4.79 Å². The summed E-state index contributed by atoms with van der Waals surface area (Å²) in [6.07, 6.45) is 1.84. The van der Waals surface area contributed by atoms with Crippen LogP contribution in [0.3, 0.4) is 0 Å². The molecule has 154 valence electrons. The molecule has 0 aliphatic carbocycles. The summed E-state index contributed by atoms with van der Waals surface area (Å²) in [6.45, 7) is 8.09. The third kappa shape index (κ3) is 3.54. The molecule has 0 saturated carbocycles. The number of nitriles is 1. The van der Waals surface area contributed by atoms with E-state index in [1.54, 1.807) is 4.57 Å². The minimum absolute atomic E-state index is 0.136. The smallest absolute Gasteiger partial charge is 0.271 e. The van der Waals surface area contributed by atoms with Crippen molar-refractivity contribution in [3.8, 4) is 11.8 Å². The first-order valence-electron chi connectivity index (χ1n) is 10.6. The van der Waals surface area contributed by atoms with E-state index in [-0.39, 0.29) is 17.2 Å². The fourth-order valence-electron chi connectivity index (χ4n) is 4.36. The summed E-state index contributed by atoms with van der Waals surface area (Å²) in [4.78, 5) is 15.2. The van der Waals surface area contributed by atoms with Crippen molar-refractivity contribution >= 4 is 16.6 Å². The van der Waals surface area contributed by atoms with Crippen molar-refractivity contribution in [2.75, 3.05) is 18.0 Å². The van der Waals surface area contributed by atoms with Gasteiger partial charge in [0.05, 0.1) is 11.2 Å². The van der Waals surface area contributed by atoms with Crippen molar-refractivity contribution in [3.63, 3.8) is 0 Å². The van der Waals surface area contributed by atoms with Crippen molar-refractivity contribution in [3.05, 3.63) is 69.5 Å². The quantitative estimate of drug-likeness (QED) is 0.643. The van der Waals surface area contributed by atoms with E-state index in [1.165, 1.54) is 0 Å². The minimum atomic E-state index is -0.204. The molecule has 1 aliphatic rings. The molecule has 5 heteroatoms. The fraction of sp³-hybridized carbons (Fsp3) is 0.360. The highest BCUT2D eigenvalue weighted by Gasteiger charge is 2.26. The maximum Gasteiger partial charge on any atom is 0.271 e. The molecule has 0 bridgehead atoms. The van der Waals surface area contributed by atoms with Gasteiger partial charge in [0.2, 0.25) is 0 Å². The van der Waals surface area contributed by atoms with Crippen molar-refractivity contribution in [2.24, 2.45) is 0 Å². The Morgan fingerprint density at radius 3 is 2.53 bits per heavy atom. The summed E-state index contributed by atoms with van der Waals surface area (Å²) < 4.78 is 7.94. The molecule has 0 radical (unpaired) electrons. The van der Waals surface area contributed by atoms with Gasteiger partial charge in [0, 0.05) is 37.9 Å². The van der Waals surface area contributed by atoms with Gasteiger partial charge in [0.15, 0.2) is 0 Å². The lowest BCUT2D eigenvalue weighted by molar-refractivity contribution is 0.170. The zero-order chi connectivity index (χ0) is 21.3. The second kappa shape index (κ2) is 8.23.